The van der Waals surface area contributed by atoms with Gasteiger partial charge in [-0.1, -0.05) is 23.7 Å². The Kier molecular flexibility index (Phi) is 3.76. The molecule has 5 N–H and O–H groups in total. The van der Waals surface area contributed by atoms with E-state index in [0.29, 0.717) is 5.56 Å². The first kappa shape index (κ1) is 13.4. The summed E-state index contributed by atoms with van der Waals surface area (Å²) >= 11 is 5.71. The Morgan fingerprint density at radius 2 is 1.84 bits per heavy atom. The molecule has 0 amide bonds. The molecule has 100 valence electrons. The number of nitrogen functional groups attached to an aromatic ring is 2. The number of rotatable bonds is 3. The van der Waals surface area contributed by atoms with Crippen LogP contribution in [-0.2, 0) is 6.54 Å². The molecule has 0 atom stereocenters. The zero-order chi connectivity index (χ0) is 14.0. The minimum atomic E-state index is -0.712. The fraction of sp³-hybridized carbons (Fsp3) is 0.0769. The fourth-order valence-corrected chi connectivity index (χ4v) is 1.83. The summed E-state index contributed by atoms with van der Waals surface area (Å²) in [7, 11) is 0. The first-order valence-corrected chi connectivity index (χ1v) is 5.88. The van der Waals surface area contributed by atoms with Gasteiger partial charge < -0.3 is 16.8 Å². The van der Waals surface area contributed by atoms with Gasteiger partial charge in [0.1, 0.15) is 10.8 Å². The lowest BCUT2D eigenvalue weighted by molar-refractivity contribution is 0.625. The van der Waals surface area contributed by atoms with Crippen molar-refractivity contribution in [2.45, 2.75) is 6.54 Å². The lowest BCUT2D eigenvalue weighted by atomic mass is 10.2. The van der Waals surface area contributed by atoms with Crippen molar-refractivity contribution in [3.63, 3.8) is 0 Å². The average Bonchev–Trinajstić information content (AvgIpc) is 2.36. The van der Waals surface area contributed by atoms with E-state index in [2.05, 4.69) is 5.32 Å². The van der Waals surface area contributed by atoms with E-state index in [4.69, 9.17) is 23.1 Å². The molecule has 19 heavy (non-hydrogen) atoms. The molecule has 0 heterocycles. The van der Waals surface area contributed by atoms with Crippen LogP contribution < -0.4 is 16.8 Å². The van der Waals surface area contributed by atoms with Gasteiger partial charge in [0.15, 0.2) is 5.82 Å². The number of hydrogen-bond donors (Lipinski definition) is 3. The van der Waals surface area contributed by atoms with Crippen molar-refractivity contribution < 1.29 is 8.78 Å². The Morgan fingerprint density at radius 3 is 2.53 bits per heavy atom. The lowest BCUT2D eigenvalue weighted by Gasteiger charge is -2.13. The van der Waals surface area contributed by atoms with Gasteiger partial charge in [0.05, 0.1) is 17.1 Å². The van der Waals surface area contributed by atoms with Crippen LogP contribution in [0.2, 0.25) is 5.02 Å². The van der Waals surface area contributed by atoms with E-state index in [1.165, 1.54) is 18.2 Å². The fourth-order valence-electron chi connectivity index (χ4n) is 1.68. The maximum atomic E-state index is 13.9. The minimum absolute atomic E-state index is 0.0588. The Hall–Kier alpha value is -2.01. The minimum Gasteiger partial charge on any atom is -0.397 e. The Balaban J connectivity index is 2.23. The molecule has 0 saturated heterocycles. The highest BCUT2D eigenvalue weighted by Crippen LogP contribution is 2.33. The van der Waals surface area contributed by atoms with Crippen LogP contribution in [0.3, 0.4) is 0 Å². The average molecular weight is 284 g/mol. The van der Waals surface area contributed by atoms with Gasteiger partial charge in [-0.25, -0.2) is 8.78 Å². The van der Waals surface area contributed by atoms with Crippen molar-refractivity contribution in [3.05, 3.63) is 52.6 Å². The van der Waals surface area contributed by atoms with E-state index < -0.39 is 5.82 Å². The van der Waals surface area contributed by atoms with E-state index in [1.807, 2.05) is 0 Å². The molecule has 0 unspecified atom stereocenters. The standard InChI is InChI=1S/C13H12ClF2N3/c14-11-9(17)5-10(18)13(12(11)16)19-6-7-2-1-3-8(15)4-7/h1-5,19H,6,17-18H2. The molecule has 2 aromatic rings. The van der Waals surface area contributed by atoms with Crippen molar-refractivity contribution in [2.75, 3.05) is 16.8 Å². The van der Waals surface area contributed by atoms with Gasteiger partial charge in [0.2, 0.25) is 0 Å². The van der Waals surface area contributed by atoms with E-state index in [-0.39, 0.29) is 34.4 Å². The van der Waals surface area contributed by atoms with Crippen molar-refractivity contribution >= 4 is 28.7 Å². The maximum Gasteiger partial charge on any atom is 0.169 e. The summed E-state index contributed by atoms with van der Waals surface area (Å²) < 4.78 is 26.9. The molecule has 0 aromatic heterocycles. The predicted octanol–water partition coefficient (Wildman–Crippen LogP) is 3.39. The summed E-state index contributed by atoms with van der Waals surface area (Å²) in [5.74, 6) is -1.07. The summed E-state index contributed by atoms with van der Waals surface area (Å²) in [6.07, 6.45) is 0. The number of hydrogen-bond acceptors (Lipinski definition) is 3. The SMILES string of the molecule is Nc1cc(N)c(NCc2cccc(F)c2)c(F)c1Cl. The van der Waals surface area contributed by atoms with E-state index >= 15 is 0 Å². The van der Waals surface area contributed by atoms with Crippen LogP contribution in [0.15, 0.2) is 30.3 Å². The molecule has 0 aliphatic rings. The highest BCUT2D eigenvalue weighted by molar-refractivity contribution is 6.33. The van der Waals surface area contributed by atoms with Gasteiger partial charge in [-0.15, -0.1) is 0 Å². The van der Waals surface area contributed by atoms with Crippen LogP contribution in [0.1, 0.15) is 5.56 Å². The molecule has 3 nitrogen and oxygen atoms in total. The first-order chi connectivity index (χ1) is 8.99. The van der Waals surface area contributed by atoms with E-state index in [9.17, 15) is 8.78 Å². The van der Waals surface area contributed by atoms with Crippen LogP contribution in [0.4, 0.5) is 25.8 Å². The van der Waals surface area contributed by atoms with Crippen molar-refractivity contribution in [1.29, 1.82) is 0 Å². The molecule has 0 aliphatic carbocycles. The lowest BCUT2D eigenvalue weighted by Crippen LogP contribution is -2.06. The van der Waals surface area contributed by atoms with E-state index in [1.54, 1.807) is 12.1 Å². The highest BCUT2D eigenvalue weighted by Gasteiger charge is 2.13. The van der Waals surface area contributed by atoms with Crippen molar-refractivity contribution in [3.8, 4) is 0 Å². The van der Waals surface area contributed by atoms with Crippen LogP contribution in [0.5, 0.6) is 0 Å². The van der Waals surface area contributed by atoms with Gasteiger partial charge >= 0.3 is 0 Å². The van der Waals surface area contributed by atoms with Gasteiger partial charge in [-0.2, -0.15) is 0 Å². The molecule has 0 bridgehead atoms. The topological polar surface area (TPSA) is 64.1 Å². The van der Waals surface area contributed by atoms with Gasteiger partial charge in [-0.05, 0) is 23.8 Å². The molecule has 2 aromatic carbocycles. The molecule has 0 aliphatic heterocycles. The normalized spacial score (nSPS) is 10.5. The number of benzene rings is 2. The number of halogens is 3. The Bertz CT molecular complexity index is 617. The zero-order valence-corrected chi connectivity index (χ0v) is 10.6. The van der Waals surface area contributed by atoms with Crippen molar-refractivity contribution in [2.24, 2.45) is 0 Å². The molecule has 0 radical (unpaired) electrons. The van der Waals surface area contributed by atoms with Gasteiger partial charge in [-0.3, -0.25) is 0 Å². The summed E-state index contributed by atoms with van der Waals surface area (Å²) in [5.41, 5.74) is 12.1. The Morgan fingerprint density at radius 1 is 1.11 bits per heavy atom. The molecule has 0 spiro atoms. The quantitative estimate of drug-likeness (QED) is 0.757. The van der Waals surface area contributed by atoms with Crippen molar-refractivity contribution in [1.82, 2.24) is 0 Å². The molecule has 0 saturated carbocycles. The third kappa shape index (κ3) is 2.88. The predicted molar refractivity (Wildman–Crippen MR) is 74.0 cm³/mol. The molecular weight excluding hydrogens is 272 g/mol. The molecule has 0 fully saturated rings. The second kappa shape index (κ2) is 5.32. The smallest absolute Gasteiger partial charge is 0.169 e. The molecule has 2 rings (SSSR count). The Labute approximate surface area is 114 Å². The number of anilines is 3. The van der Waals surface area contributed by atoms with E-state index in [0.717, 1.165) is 0 Å². The molecule has 6 heteroatoms. The van der Waals surface area contributed by atoms with Crippen LogP contribution in [0, 0.1) is 11.6 Å². The second-order valence-electron chi connectivity index (χ2n) is 4.04. The summed E-state index contributed by atoms with van der Waals surface area (Å²) in [6, 6.07) is 7.34. The summed E-state index contributed by atoms with van der Waals surface area (Å²) in [4.78, 5) is 0. The van der Waals surface area contributed by atoms with Crippen LogP contribution in [0.25, 0.3) is 0 Å². The maximum absolute atomic E-state index is 13.9. The third-order valence-electron chi connectivity index (χ3n) is 2.62. The van der Waals surface area contributed by atoms with Gasteiger partial charge in [0, 0.05) is 6.54 Å². The summed E-state index contributed by atoms with van der Waals surface area (Å²) in [5, 5.41) is 2.60. The molecular formula is C13H12ClF2N3. The van der Waals surface area contributed by atoms with Crippen LogP contribution in [-0.4, -0.2) is 0 Å². The third-order valence-corrected chi connectivity index (χ3v) is 3.01. The number of nitrogens with one attached hydrogen (secondary N) is 1. The zero-order valence-electron chi connectivity index (χ0n) is 9.88. The summed E-state index contributed by atoms with van der Waals surface area (Å²) in [6.45, 7) is 0.221. The largest absolute Gasteiger partial charge is 0.397 e. The van der Waals surface area contributed by atoms with Gasteiger partial charge in [0.25, 0.3) is 0 Å². The first-order valence-electron chi connectivity index (χ1n) is 5.50. The number of nitrogens with two attached hydrogens (primary N) is 2. The monoisotopic (exact) mass is 283 g/mol. The second-order valence-corrected chi connectivity index (χ2v) is 4.42. The highest BCUT2D eigenvalue weighted by atomic mass is 35.5. The van der Waals surface area contributed by atoms with Crippen LogP contribution >= 0.6 is 11.6 Å².